The van der Waals surface area contributed by atoms with Gasteiger partial charge in [-0.1, -0.05) is 18.6 Å². The largest absolute Gasteiger partial charge is 0.507 e. The summed E-state index contributed by atoms with van der Waals surface area (Å²) in [5, 5.41) is 11.8. The third kappa shape index (κ3) is 3.20. The Kier molecular flexibility index (Phi) is 4.83. The van der Waals surface area contributed by atoms with Crippen LogP contribution in [0.4, 0.5) is 0 Å². The minimum Gasteiger partial charge on any atom is -0.507 e. The lowest BCUT2D eigenvalue weighted by Gasteiger charge is -2.33. The Morgan fingerprint density at radius 3 is 2.87 bits per heavy atom. The highest BCUT2D eigenvalue weighted by Crippen LogP contribution is 2.35. The fourth-order valence-electron chi connectivity index (χ4n) is 4.39. The average Bonchev–Trinajstić information content (AvgIpc) is 3.15. The number of thiazole rings is 1. The van der Waals surface area contributed by atoms with Gasteiger partial charge in [0.25, 0.3) is 0 Å². The summed E-state index contributed by atoms with van der Waals surface area (Å²) in [6, 6.07) is 11.6. The molecule has 4 aromatic rings. The highest BCUT2D eigenvalue weighted by atomic mass is 32.1. The van der Waals surface area contributed by atoms with E-state index in [0.717, 1.165) is 29.6 Å². The van der Waals surface area contributed by atoms with Gasteiger partial charge in [-0.2, -0.15) is 0 Å². The molecule has 154 valence electrons. The van der Waals surface area contributed by atoms with Gasteiger partial charge >= 0.3 is 0 Å². The predicted molar refractivity (Wildman–Crippen MR) is 121 cm³/mol. The first-order valence-electron chi connectivity index (χ1n) is 10.4. The number of rotatable bonds is 3. The number of fused-ring (bicyclic) bond motifs is 2. The molecule has 0 aliphatic carbocycles. The van der Waals surface area contributed by atoms with Gasteiger partial charge in [0.05, 0.1) is 26.7 Å². The van der Waals surface area contributed by atoms with Crippen molar-refractivity contribution >= 4 is 32.5 Å². The lowest BCUT2D eigenvalue weighted by Crippen LogP contribution is -2.36. The van der Waals surface area contributed by atoms with Crippen molar-refractivity contribution in [1.29, 1.82) is 0 Å². The Balaban J connectivity index is 1.66. The summed E-state index contributed by atoms with van der Waals surface area (Å²) in [6.07, 6.45) is 3.54. The second-order valence-electron chi connectivity index (χ2n) is 8.10. The standard InChI is InChI=1S/C24H24N2O3S/c1-14-7-5-6-12-26(14)13-17-19(27)11-10-16-22(28)21(15(2)29-23(16)17)24-25-18-8-3-4-9-20(18)30-24/h3-4,8-11,14,27H,5-7,12-13H2,1-2H3/t14-/m0/s1. The van der Waals surface area contributed by atoms with E-state index in [1.54, 1.807) is 19.1 Å². The number of benzene rings is 2. The van der Waals surface area contributed by atoms with Crippen molar-refractivity contribution in [2.75, 3.05) is 6.54 Å². The first-order valence-corrected chi connectivity index (χ1v) is 11.2. The quantitative estimate of drug-likeness (QED) is 0.477. The summed E-state index contributed by atoms with van der Waals surface area (Å²) >= 11 is 1.49. The Labute approximate surface area is 178 Å². The van der Waals surface area contributed by atoms with E-state index < -0.39 is 0 Å². The summed E-state index contributed by atoms with van der Waals surface area (Å²) in [7, 11) is 0. The van der Waals surface area contributed by atoms with Crippen molar-refractivity contribution in [3.05, 3.63) is 57.9 Å². The molecule has 1 fully saturated rings. The lowest BCUT2D eigenvalue weighted by atomic mass is 10.0. The maximum absolute atomic E-state index is 13.5. The average molecular weight is 421 g/mol. The van der Waals surface area contributed by atoms with Gasteiger partial charge in [0, 0.05) is 12.6 Å². The number of para-hydroxylation sites is 1. The van der Waals surface area contributed by atoms with E-state index in [1.165, 1.54) is 17.8 Å². The lowest BCUT2D eigenvalue weighted by molar-refractivity contribution is 0.151. The fraction of sp³-hybridized carbons (Fsp3) is 0.333. The van der Waals surface area contributed by atoms with Gasteiger partial charge in [0.2, 0.25) is 5.43 Å². The molecule has 1 aliphatic heterocycles. The van der Waals surface area contributed by atoms with Crippen LogP contribution in [0.1, 0.15) is 37.5 Å². The van der Waals surface area contributed by atoms with Crippen LogP contribution in [0.5, 0.6) is 5.75 Å². The maximum atomic E-state index is 13.5. The van der Waals surface area contributed by atoms with E-state index in [9.17, 15) is 9.90 Å². The zero-order chi connectivity index (χ0) is 20.8. The first kappa shape index (κ1) is 19.3. The zero-order valence-corrected chi connectivity index (χ0v) is 18.0. The van der Waals surface area contributed by atoms with Crippen LogP contribution in [-0.4, -0.2) is 27.6 Å². The Morgan fingerprint density at radius 2 is 2.07 bits per heavy atom. The van der Waals surface area contributed by atoms with Gasteiger partial charge in [-0.25, -0.2) is 4.98 Å². The SMILES string of the molecule is Cc1oc2c(CN3CCCC[C@@H]3C)c(O)ccc2c(=O)c1-c1nc2ccccc2s1. The molecule has 6 heteroatoms. The number of aromatic nitrogens is 1. The fourth-order valence-corrected chi connectivity index (χ4v) is 5.44. The van der Waals surface area contributed by atoms with Gasteiger partial charge in [-0.15, -0.1) is 11.3 Å². The van der Waals surface area contributed by atoms with Gasteiger partial charge in [-0.3, -0.25) is 9.69 Å². The molecular weight excluding hydrogens is 396 g/mol. The molecule has 5 nitrogen and oxygen atoms in total. The Hall–Kier alpha value is -2.70. The molecule has 0 saturated carbocycles. The number of phenols is 1. The summed E-state index contributed by atoms with van der Waals surface area (Å²) in [4.78, 5) is 20.5. The number of likely N-dealkylation sites (tertiary alicyclic amines) is 1. The van der Waals surface area contributed by atoms with E-state index in [4.69, 9.17) is 4.42 Å². The number of phenolic OH excluding ortho intramolecular Hbond substituents is 1. The number of aryl methyl sites for hydroxylation is 1. The number of piperidine rings is 1. The van der Waals surface area contributed by atoms with Crippen molar-refractivity contribution in [2.24, 2.45) is 0 Å². The molecule has 0 amide bonds. The van der Waals surface area contributed by atoms with Gasteiger partial charge in [0.15, 0.2) is 0 Å². The van der Waals surface area contributed by atoms with Crippen LogP contribution in [0.15, 0.2) is 45.6 Å². The number of hydrogen-bond donors (Lipinski definition) is 1. The van der Waals surface area contributed by atoms with Crippen LogP contribution in [0.25, 0.3) is 31.8 Å². The van der Waals surface area contributed by atoms with Crippen molar-refractivity contribution in [3.8, 4) is 16.3 Å². The third-order valence-electron chi connectivity index (χ3n) is 6.12. The predicted octanol–water partition coefficient (Wildman–Crippen LogP) is 5.46. The summed E-state index contributed by atoms with van der Waals surface area (Å²) in [5.74, 6) is 0.709. The van der Waals surface area contributed by atoms with Crippen LogP contribution < -0.4 is 5.43 Å². The second-order valence-corrected chi connectivity index (χ2v) is 9.13. The van der Waals surface area contributed by atoms with E-state index >= 15 is 0 Å². The molecule has 1 aliphatic rings. The second kappa shape index (κ2) is 7.52. The highest BCUT2D eigenvalue weighted by Gasteiger charge is 2.24. The van der Waals surface area contributed by atoms with E-state index in [2.05, 4.69) is 16.8 Å². The molecule has 3 heterocycles. The number of hydrogen-bond acceptors (Lipinski definition) is 6. The molecule has 2 aromatic carbocycles. The molecule has 0 radical (unpaired) electrons. The van der Waals surface area contributed by atoms with E-state index in [0.29, 0.717) is 45.5 Å². The van der Waals surface area contributed by atoms with Crippen molar-refractivity contribution in [3.63, 3.8) is 0 Å². The minimum atomic E-state index is -0.0965. The minimum absolute atomic E-state index is 0.0965. The van der Waals surface area contributed by atoms with Crippen LogP contribution in [-0.2, 0) is 6.54 Å². The Morgan fingerprint density at radius 1 is 1.23 bits per heavy atom. The topological polar surface area (TPSA) is 66.6 Å². The number of nitrogens with zero attached hydrogens (tertiary/aromatic N) is 2. The van der Waals surface area contributed by atoms with Gasteiger partial charge < -0.3 is 9.52 Å². The molecule has 0 bridgehead atoms. The highest BCUT2D eigenvalue weighted by molar-refractivity contribution is 7.21. The van der Waals surface area contributed by atoms with E-state index in [-0.39, 0.29) is 11.2 Å². The normalized spacial score (nSPS) is 17.7. The van der Waals surface area contributed by atoms with Gasteiger partial charge in [-0.05, 0) is 57.5 Å². The smallest absolute Gasteiger partial charge is 0.203 e. The maximum Gasteiger partial charge on any atom is 0.203 e. The van der Waals surface area contributed by atoms with E-state index in [1.807, 2.05) is 24.3 Å². The summed E-state index contributed by atoms with van der Waals surface area (Å²) < 4.78 is 7.23. The monoisotopic (exact) mass is 420 g/mol. The summed E-state index contributed by atoms with van der Waals surface area (Å²) in [6.45, 7) is 5.59. The van der Waals surface area contributed by atoms with Crippen LogP contribution >= 0.6 is 11.3 Å². The molecular formula is C24H24N2O3S. The number of aromatic hydroxyl groups is 1. The molecule has 30 heavy (non-hydrogen) atoms. The molecule has 0 unspecified atom stereocenters. The molecule has 0 spiro atoms. The van der Waals surface area contributed by atoms with Crippen LogP contribution in [0.3, 0.4) is 0 Å². The van der Waals surface area contributed by atoms with Crippen molar-refractivity contribution in [1.82, 2.24) is 9.88 Å². The van der Waals surface area contributed by atoms with Crippen LogP contribution in [0.2, 0.25) is 0 Å². The first-order chi connectivity index (χ1) is 14.5. The molecule has 1 saturated heterocycles. The molecule has 1 N–H and O–H groups in total. The Bertz CT molecular complexity index is 1270. The summed E-state index contributed by atoms with van der Waals surface area (Å²) in [5.41, 5.74) is 2.46. The molecule has 1 atom stereocenters. The third-order valence-corrected chi connectivity index (χ3v) is 7.18. The van der Waals surface area contributed by atoms with Crippen LogP contribution in [0, 0.1) is 6.92 Å². The molecule has 5 rings (SSSR count). The van der Waals surface area contributed by atoms with Crippen molar-refractivity contribution in [2.45, 2.75) is 45.7 Å². The van der Waals surface area contributed by atoms with Crippen molar-refractivity contribution < 1.29 is 9.52 Å². The van der Waals surface area contributed by atoms with Gasteiger partial charge in [0.1, 0.15) is 22.1 Å². The molecule has 2 aromatic heterocycles. The zero-order valence-electron chi connectivity index (χ0n) is 17.1.